The fourth-order valence-electron chi connectivity index (χ4n) is 3.48. The van der Waals surface area contributed by atoms with E-state index in [4.69, 9.17) is 4.74 Å². The molecule has 144 valence electrons. The molecule has 27 heavy (non-hydrogen) atoms. The van der Waals surface area contributed by atoms with Gasteiger partial charge in [0, 0.05) is 18.9 Å². The summed E-state index contributed by atoms with van der Waals surface area (Å²) in [5.41, 5.74) is 0.536. The van der Waals surface area contributed by atoms with Crippen molar-refractivity contribution in [3.63, 3.8) is 0 Å². The second kappa shape index (κ2) is 8.33. The van der Waals surface area contributed by atoms with Crippen molar-refractivity contribution in [2.45, 2.75) is 64.0 Å². The molecule has 3 rings (SSSR count). The number of benzene rings is 1. The predicted octanol–water partition coefficient (Wildman–Crippen LogP) is 2.33. The summed E-state index contributed by atoms with van der Waals surface area (Å²) >= 11 is 0. The standard InChI is InChI=1S/C20H24N2O5/c1-13(19(25)21-15-7-3-2-4-8-15)27-20(26)14-6-5-9-16(12-14)22-17(23)10-11-18(22)24/h5-6,9,12-13,15H,2-4,7-8,10-11H2,1H3,(H,21,25). The summed E-state index contributed by atoms with van der Waals surface area (Å²) in [5, 5.41) is 2.93. The van der Waals surface area contributed by atoms with E-state index in [-0.39, 0.29) is 42.2 Å². The maximum absolute atomic E-state index is 12.4. The first kappa shape index (κ1) is 19.1. The van der Waals surface area contributed by atoms with Crippen molar-refractivity contribution in [2.75, 3.05) is 4.90 Å². The van der Waals surface area contributed by atoms with Crippen LogP contribution in [0.3, 0.4) is 0 Å². The van der Waals surface area contributed by atoms with Crippen LogP contribution in [-0.4, -0.2) is 35.8 Å². The monoisotopic (exact) mass is 372 g/mol. The van der Waals surface area contributed by atoms with Crippen molar-refractivity contribution in [1.29, 1.82) is 0 Å². The van der Waals surface area contributed by atoms with Crippen molar-refractivity contribution in [2.24, 2.45) is 0 Å². The molecule has 1 aromatic carbocycles. The van der Waals surface area contributed by atoms with Gasteiger partial charge in [-0.05, 0) is 38.0 Å². The molecule has 1 saturated carbocycles. The van der Waals surface area contributed by atoms with Gasteiger partial charge in [0.25, 0.3) is 5.91 Å². The number of carbonyl (C=O) groups excluding carboxylic acids is 4. The Bertz CT molecular complexity index is 738. The first-order chi connectivity index (χ1) is 13.0. The van der Waals surface area contributed by atoms with E-state index in [1.165, 1.54) is 25.5 Å². The highest BCUT2D eigenvalue weighted by atomic mass is 16.5. The lowest BCUT2D eigenvalue weighted by Gasteiger charge is -2.24. The Balaban J connectivity index is 1.62. The van der Waals surface area contributed by atoms with E-state index in [2.05, 4.69) is 5.32 Å². The second-order valence-electron chi connectivity index (χ2n) is 7.06. The van der Waals surface area contributed by atoms with Gasteiger partial charge in [-0.3, -0.25) is 19.3 Å². The van der Waals surface area contributed by atoms with Gasteiger partial charge in [-0.25, -0.2) is 4.79 Å². The van der Waals surface area contributed by atoms with Gasteiger partial charge < -0.3 is 10.1 Å². The maximum Gasteiger partial charge on any atom is 0.338 e. The number of ether oxygens (including phenoxy) is 1. The van der Waals surface area contributed by atoms with Crippen LogP contribution in [0.15, 0.2) is 24.3 Å². The number of nitrogens with one attached hydrogen (secondary N) is 1. The van der Waals surface area contributed by atoms with Gasteiger partial charge in [-0.2, -0.15) is 0 Å². The predicted molar refractivity (Wildman–Crippen MR) is 98.1 cm³/mol. The fourth-order valence-corrected chi connectivity index (χ4v) is 3.48. The van der Waals surface area contributed by atoms with E-state index in [0.717, 1.165) is 30.6 Å². The van der Waals surface area contributed by atoms with Crippen LogP contribution in [0.4, 0.5) is 5.69 Å². The normalized spacial score (nSPS) is 19.1. The van der Waals surface area contributed by atoms with Gasteiger partial charge >= 0.3 is 5.97 Å². The third kappa shape index (κ3) is 4.53. The van der Waals surface area contributed by atoms with Crippen LogP contribution in [0, 0.1) is 0 Å². The molecular formula is C20H24N2O5. The quantitative estimate of drug-likeness (QED) is 0.633. The molecule has 1 heterocycles. The summed E-state index contributed by atoms with van der Waals surface area (Å²) in [6.45, 7) is 1.54. The van der Waals surface area contributed by atoms with E-state index < -0.39 is 12.1 Å². The molecule has 1 unspecified atom stereocenters. The van der Waals surface area contributed by atoms with Gasteiger partial charge in [-0.1, -0.05) is 25.3 Å². The van der Waals surface area contributed by atoms with E-state index in [9.17, 15) is 19.2 Å². The molecule has 1 atom stereocenters. The molecule has 1 saturated heterocycles. The van der Waals surface area contributed by atoms with Gasteiger partial charge in [0.2, 0.25) is 11.8 Å². The number of rotatable bonds is 5. The van der Waals surface area contributed by atoms with Crippen LogP contribution >= 0.6 is 0 Å². The minimum absolute atomic E-state index is 0.142. The number of nitrogens with zero attached hydrogens (tertiary/aromatic N) is 1. The average Bonchev–Trinajstić information content (AvgIpc) is 3.01. The Morgan fingerprint density at radius 3 is 2.44 bits per heavy atom. The summed E-state index contributed by atoms with van der Waals surface area (Å²) in [7, 11) is 0. The minimum Gasteiger partial charge on any atom is -0.449 e. The van der Waals surface area contributed by atoms with E-state index in [1.807, 2.05) is 0 Å². The fraction of sp³-hybridized carbons (Fsp3) is 0.500. The lowest BCUT2D eigenvalue weighted by Crippen LogP contribution is -2.42. The Hall–Kier alpha value is -2.70. The summed E-state index contributed by atoms with van der Waals surface area (Å²) in [6.07, 6.45) is 4.71. The zero-order valence-corrected chi connectivity index (χ0v) is 15.4. The number of hydrogen-bond acceptors (Lipinski definition) is 5. The van der Waals surface area contributed by atoms with Crippen LogP contribution in [-0.2, 0) is 19.1 Å². The molecule has 7 nitrogen and oxygen atoms in total. The number of hydrogen-bond donors (Lipinski definition) is 1. The molecule has 1 aromatic rings. The highest BCUT2D eigenvalue weighted by molar-refractivity contribution is 6.20. The SMILES string of the molecule is CC(OC(=O)c1cccc(N2C(=O)CCC2=O)c1)C(=O)NC1CCCCC1. The summed E-state index contributed by atoms with van der Waals surface area (Å²) in [5.74, 6) is -1.55. The molecule has 2 fully saturated rings. The van der Waals surface area contributed by atoms with Crippen molar-refractivity contribution in [3.05, 3.63) is 29.8 Å². The number of amides is 3. The molecule has 7 heteroatoms. The van der Waals surface area contributed by atoms with Crippen molar-refractivity contribution in [1.82, 2.24) is 5.32 Å². The largest absolute Gasteiger partial charge is 0.449 e. The molecule has 3 amide bonds. The van der Waals surface area contributed by atoms with Crippen LogP contribution in [0.5, 0.6) is 0 Å². The Morgan fingerprint density at radius 1 is 1.11 bits per heavy atom. The van der Waals surface area contributed by atoms with Gasteiger partial charge in [0.15, 0.2) is 6.10 Å². The zero-order valence-electron chi connectivity index (χ0n) is 15.4. The molecule has 2 aliphatic rings. The van der Waals surface area contributed by atoms with Crippen LogP contribution in [0.1, 0.15) is 62.2 Å². The number of anilines is 1. The van der Waals surface area contributed by atoms with Gasteiger partial charge in [-0.15, -0.1) is 0 Å². The smallest absolute Gasteiger partial charge is 0.338 e. The highest BCUT2D eigenvalue weighted by Crippen LogP contribution is 2.24. The number of esters is 1. The topological polar surface area (TPSA) is 92.8 Å². The molecule has 0 bridgehead atoms. The lowest BCUT2D eigenvalue weighted by molar-refractivity contribution is -0.130. The first-order valence-corrected chi connectivity index (χ1v) is 9.43. The van der Waals surface area contributed by atoms with Gasteiger partial charge in [0.05, 0.1) is 11.3 Å². The van der Waals surface area contributed by atoms with Crippen LogP contribution in [0.25, 0.3) is 0 Å². The molecule has 0 spiro atoms. The Kier molecular flexibility index (Phi) is 5.88. The van der Waals surface area contributed by atoms with Crippen molar-refractivity contribution < 1.29 is 23.9 Å². The molecule has 0 aromatic heterocycles. The Labute approximate surface area is 158 Å². The zero-order chi connectivity index (χ0) is 19.4. The number of carbonyl (C=O) groups is 4. The molecule has 1 aliphatic heterocycles. The van der Waals surface area contributed by atoms with Crippen molar-refractivity contribution >= 4 is 29.4 Å². The second-order valence-corrected chi connectivity index (χ2v) is 7.06. The minimum atomic E-state index is -0.918. The summed E-state index contributed by atoms with van der Waals surface area (Å²) < 4.78 is 5.27. The molecule has 1 aliphatic carbocycles. The van der Waals surface area contributed by atoms with Crippen LogP contribution in [0.2, 0.25) is 0 Å². The van der Waals surface area contributed by atoms with E-state index >= 15 is 0 Å². The lowest BCUT2D eigenvalue weighted by atomic mass is 9.95. The molecule has 0 radical (unpaired) electrons. The van der Waals surface area contributed by atoms with E-state index in [1.54, 1.807) is 12.1 Å². The van der Waals surface area contributed by atoms with Gasteiger partial charge in [0.1, 0.15) is 0 Å². The average molecular weight is 372 g/mol. The summed E-state index contributed by atoms with van der Waals surface area (Å²) in [4.78, 5) is 49.4. The highest BCUT2D eigenvalue weighted by Gasteiger charge is 2.31. The molecular weight excluding hydrogens is 348 g/mol. The number of imide groups is 1. The maximum atomic E-state index is 12.4. The first-order valence-electron chi connectivity index (χ1n) is 9.43. The molecule has 1 N–H and O–H groups in total. The van der Waals surface area contributed by atoms with Crippen LogP contribution < -0.4 is 10.2 Å². The van der Waals surface area contributed by atoms with Crippen molar-refractivity contribution in [3.8, 4) is 0 Å². The summed E-state index contributed by atoms with van der Waals surface area (Å²) in [6, 6.07) is 6.29. The third-order valence-electron chi connectivity index (χ3n) is 5.00. The third-order valence-corrected chi connectivity index (χ3v) is 5.00. The Morgan fingerprint density at radius 2 is 1.78 bits per heavy atom. The van der Waals surface area contributed by atoms with E-state index in [0.29, 0.717) is 5.69 Å².